The number of nitrogens with one attached hydrogen (secondary N) is 1. The van der Waals surface area contributed by atoms with E-state index in [1.165, 1.54) is 26.1 Å². The first kappa shape index (κ1) is 22.6. The van der Waals surface area contributed by atoms with Gasteiger partial charge in [-0.25, -0.2) is 8.42 Å². The summed E-state index contributed by atoms with van der Waals surface area (Å²) in [4.78, 5) is 24.5. The number of esters is 1. The van der Waals surface area contributed by atoms with E-state index in [9.17, 15) is 18.0 Å². The van der Waals surface area contributed by atoms with Crippen LogP contribution in [0.4, 0.5) is 0 Å². The summed E-state index contributed by atoms with van der Waals surface area (Å²) in [5.41, 5.74) is 1.71. The molecule has 10 heteroatoms. The second-order valence-corrected chi connectivity index (χ2v) is 9.16. The summed E-state index contributed by atoms with van der Waals surface area (Å²) in [6, 6.07) is 11.6. The number of likely N-dealkylation sites (N-methyl/N-ethyl adjacent to an activating group) is 1. The lowest BCUT2D eigenvalue weighted by Gasteiger charge is -2.18. The Morgan fingerprint density at radius 2 is 1.81 bits per heavy atom. The molecular weight excluding hydrogens is 424 g/mol. The number of rotatable bonds is 8. The summed E-state index contributed by atoms with van der Waals surface area (Å²) < 4.78 is 41.6. The standard InChI is InChI=1S/C21H24N2O7S/c1-14-4-7-17(8-5-14)31(26,27)23(3)12-20(24)30-15(2)21(25)22-11-16-6-9-18-19(10-16)29-13-28-18/h4-10,15H,11-13H2,1-3H3,(H,22,25). The van der Waals surface area contributed by atoms with E-state index in [-0.39, 0.29) is 18.2 Å². The van der Waals surface area contributed by atoms with Gasteiger partial charge in [-0.2, -0.15) is 4.31 Å². The second kappa shape index (κ2) is 9.36. The summed E-state index contributed by atoms with van der Waals surface area (Å²) in [6.07, 6.45) is -1.09. The highest BCUT2D eigenvalue weighted by Gasteiger charge is 2.25. The first-order valence-electron chi connectivity index (χ1n) is 9.55. The molecule has 0 aromatic heterocycles. The van der Waals surface area contributed by atoms with E-state index in [0.717, 1.165) is 15.4 Å². The molecule has 0 bridgehead atoms. The number of nitrogens with zero attached hydrogens (tertiary/aromatic N) is 1. The third kappa shape index (κ3) is 5.53. The molecular formula is C21H24N2O7S. The van der Waals surface area contributed by atoms with E-state index in [4.69, 9.17) is 14.2 Å². The van der Waals surface area contributed by atoms with E-state index in [0.29, 0.717) is 11.5 Å². The lowest BCUT2D eigenvalue weighted by atomic mass is 10.2. The topological polar surface area (TPSA) is 111 Å². The maximum absolute atomic E-state index is 12.6. The highest BCUT2D eigenvalue weighted by atomic mass is 32.2. The van der Waals surface area contributed by atoms with Gasteiger partial charge < -0.3 is 19.5 Å². The molecule has 1 N–H and O–H groups in total. The zero-order valence-electron chi connectivity index (χ0n) is 17.5. The van der Waals surface area contributed by atoms with Gasteiger partial charge in [0.15, 0.2) is 17.6 Å². The molecule has 3 rings (SSSR count). The van der Waals surface area contributed by atoms with E-state index in [1.54, 1.807) is 30.3 Å². The third-order valence-corrected chi connectivity index (χ3v) is 6.48. The van der Waals surface area contributed by atoms with Crippen LogP contribution in [0.1, 0.15) is 18.1 Å². The van der Waals surface area contributed by atoms with Gasteiger partial charge in [0, 0.05) is 13.6 Å². The fraction of sp³-hybridized carbons (Fsp3) is 0.333. The molecule has 0 saturated heterocycles. The molecule has 0 saturated carbocycles. The Morgan fingerprint density at radius 1 is 1.13 bits per heavy atom. The molecule has 166 valence electrons. The Balaban J connectivity index is 1.50. The van der Waals surface area contributed by atoms with Gasteiger partial charge in [0.2, 0.25) is 16.8 Å². The maximum Gasteiger partial charge on any atom is 0.322 e. The van der Waals surface area contributed by atoms with E-state index >= 15 is 0 Å². The number of sulfonamides is 1. The van der Waals surface area contributed by atoms with Gasteiger partial charge >= 0.3 is 5.97 Å². The third-order valence-electron chi connectivity index (χ3n) is 4.66. The van der Waals surface area contributed by atoms with Crippen LogP contribution in [0.2, 0.25) is 0 Å². The fourth-order valence-corrected chi connectivity index (χ4v) is 3.94. The molecule has 2 aromatic carbocycles. The van der Waals surface area contributed by atoms with Crippen LogP contribution < -0.4 is 14.8 Å². The highest BCUT2D eigenvalue weighted by Crippen LogP contribution is 2.32. The molecule has 1 amide bonds. The van der Waals surface area contributed by atoms with Crippen LogP contribution in [-0.4, -0.2) is 51.1 Å². The normalized spacial score (nSPS) is 13.7. The van der Waals surface area contributed by atoms with E-state index in [2.05, 4.69) is 5.32 Å². The summed E-state index contributed by atoms with van der Waals surface area (Å²) >= 11 is 0. The SMILES string of the molecule is Cc1ccc(S(=O)(=O)N(C)CC(=O)OC(C)C(=O)NCc2ccc3c(c2)OCO3)cc1. The van der Waals surface area contributed by atoms with Gasteiger partial charge in [-0.3, -0.25) is 9.59 Å². The maximum atomic E-state index is 12.6. The minimum absolute atomic E-state index is 0.0721. The Bertz CT molecular complexity index is 1070. The Labute approximate surface area is 181 Å². The van der Waals surface area contributed by atoms with Gasteiger partial charge in [-0.15, -0.1) is 0 Å². The Kier molecular flexibility index (Phi) is 6.81. The van der Waals surface area contributed by atoms with Gasteiger partial charge in [0.05, 0.1) is 4.90 Å². The van der Waals surface area contributed by atoms with Gasteiger partial charge in [-0.05, 0) is 43.7 Å². The molecule has 1 aliphatic heterocycles. The molecule has 31 heavy (non-hydrogen) atoms. The molecule has 0 aliphatic carbocycles. The van der Waals surface area contributed by atoms with Crippen LogP contribution in [0.5, 0.6) is 11.5 Å². The van der Waals surface area contributed by atoms with Crippen LogP contribution in [-0.2, 0) is 30.9 Å². The number of aryl methyl sites for hydroxylation is 1. The van der Waals surface area contributed by atoms with Crippen molar-refractivity contribution in [1.29, 1.82) is 0 Å². The largest absolute Gasteiger partial charge is 0.454 e. The predicted octanol–water partition coefficient (Wildman–Crippen LogP) is 1.59. The fourth-order valence-electron chi connectivity index (χ4n) is 2.83. The van der Waals surface area contributed by atoms with Crippen LogP contribution in [0.15, 0.2) is 47.4 Å². The second-order valence-electron chi connectivity index (χ2n) is 7.11. The molecule has 1 unspecified atom stereocenters. The number of hydrogen-bond donors (Lipinski definition) is 1. The average molecular weight is 448 g/mol. The lowest BCUT2D eigenvalue weighted by molar-refractivity contribution is -0.154. The first-order valence-corrected chi connectivity index (χ1v) is 11.0. The van der Waals surface area contributed by atoms with Gasteiger partial charge in [0.1, 0.15) is 6.54 Å². The zero-order chi connectivity index (χ0) is 22.6. The van der Waals surface area contributed by atoms with Gasteiger partial charge in [-0.1, -0.05) is 23.8 Å². The number of carbonyl (C=O) groups is 2. The number of benzene rings is 2. The summed E-state index contributed by atoms with van der Waals surface area (Å²) in [5.74, 6) is -0.0925. The molecule has 0 radical (unpaired) electrons. The molecule has 2 aromatic rings. The quantitative estimate of drug-likeness (QED) is 0.611. The Morgan fingerprint density at radius 3 is 2.52 bits per heavy atom. The average Bonchev–Trinajstić information content (AvgIpc) is 3.20. The summed E-state index contributed by atoms with van der Waals surface area (Å²) in [7, 11) is -2.57. The molecule has 9 nitrogen and oxygen atoms in total. The van der Waals surface area contributed by atoms with E-state index in [1.807, 2.05) is 6.92 Å². The van der Waals surface area contributed by atoms with E-state index < -0.39 is 34.5 Å². The lowest BCUT2D eigenvalue weighted by Crippen LogP contribution is -2.39. The minimum atomic E-state index is -3.85. The molecule has 0 fully saturated rings. The number of carbonyl (C=O) groups excluding carboxylic acids is 2. The molecule has 1 aliphatic rings. The minimum Gasteiger partial charge on any atom is -0.454 e. The van der Waals surface area contributed by atoms with Crippen molar-refractivity contribution in [1.82, 2.24) is 9.62 Å². The van der Waals surface area contributed by atoms with Crippen molar-refractivity contribution in [2.75, 3.05) is 20.4 Å². The number of ether oxygens (including phenoxy) is 3. The number of amides is 1. The van der Waals surface area contributed by atoms with Crippen molar-refractivity contribution < 1.29 is 32.2 Å². The van der Waals surface area contributed by atoms with Crippen molar-refractivity contribution in [3.05, 3.63) is 53.6 Å². The number of hydrogen-bond acceptors (Lipinski definition) is 7. The van der Waals surface area contributed by atoms with Crippen molar-refractivity contribution >= 4 is 21.9 Å². The van der Waals surface area contributed by atoms with Crippen molar-refractivity contribution in [3.8, 4) is 11.5 Å². The van der Waals surface area contributed by atoms with Crippen LogP contribution >= 0.6 is 0 Å². The van der Waals surface area contributed by atoms with Crippen LogP contribution in [0, 0.1) is 6.92 Å². The van der Waals surface area contributed by atoms with Crippen molar-refractivity contribution in [3.63, 3.8) is 0 Å². The van der Waals surface area contributed by atoms with Crippen LogP contribution in [0.25, 0.3) is 0 Å². The zero-order valence-corrected chi connectivity index (χ0v) is 18.3. The van der Waals surface area contributed by atoms with Crippen molar-refractivity contribution in [2.24, 2.45) is 0 Å². The van der Waals surface area contributed by atoms with Crippen LogP contribution in [0.3, 0.4) is 0 Å². The van der Waals surface area contributed by atoms with Gasteiger partial charge in [0.25, 0.3) is 5.91 Å². The molecule has 0 spiro atoms. The predicted molar refractivity (Wildman–Crippen MR) is 111 cm³/mol. The first-order chi connectivity index (χ1) is 14.7. The van der Waals surface area contributed by atoms with Crippen molar-refractivity contribution in [2.45, 2.75) is 31.4 Å². The smallest absolute Gasteiger partial charge is 0.322 e. The Hall–Kier alpha value is -3.11. The highest BCUT2D eigenvalue weighted by molar-refractivity contribution is 7.89. The monoisotopic (exact) mass is 448 g/mol. The summed E-state index contributed by atoms with van der Waals surface area (Å²) in [5, 5.41) is 2.67. The number of fused-ring (bicyclic) bond motifs is 1. The molecule has 1 atom stereocenters. The summed E-state index contributed by atoms with van der Waals surface area (Å²) in [6.45, 7) is 3.11. The molecule has 1 heterocycles.